The van der Waals surface area contributed by atoms with Gasteiger partial charge in [-0.05, 0) is 41.1 Å². The van der Waals surface area contributed by atoms with E-state index in [-0.39, 0.29) is 5.56 Å². The number of carboxylic acid groups (broad SMARTS) is 1. The molecule has 0 atom stereocenters. The number of thioether (sulfide) groups is 1. The van der Waals surface area contributed by atoms with Crippen LogP contribution in [0.4, 0.5) is 0 Å². The number of rotatable bonds is 3. The summed E-state index contributed by atoms with van der Waals surface area (Å²) in [7, 11) is 0. The Kier molecular flexibility index (Phi) is 4.73. The molecule has 0 saturated carbocycles. The zero-order valence-electron chi connectivity index (χ0n) is 8.08. The second-order valence-corrected chi connectivity index (χ2v) is 4.57. The molecule has 0 aliphatic carbocycles. The van der Waals surface area contributed by atoms with Crippen LogP contribution in [0.1, 0.15) is 17.3 Å². The quantitative estimate of drug-likeness (QED) is 0.684. The number of hydrogen-bond acceptors (Lipinski definition) is 2. The summed E-state index contributed by atoms with van der Waals surface area (Å²) < 4.78 is 0.598. The summed E-state index contributed by atoms with van der Waals surface area (Å²) in [5.41, 5.74) is 0.282. The number of carbonyl (C=O) groups is 1. The number of halogens is 1. The number of aromatic carboxylic acids is 1. The molecule has 0 aliphatic heterocycles. The first-order valence-corrected chi connectivity index (χ1v) is 5.98. The lowest BCUT2D eigenvalue weighted by Gasteiger charge is -2.02. The van der Waals surface area contributed by atoms with E-state index in [1.165, 1.54) is 11.8 Å². The predicted octanol–water partition coefficient (Wildman–Crippen LogP) is 3.26. The summed E-state index contributed by atoms with van der Waals surface area (Å²) in [6.07, 6.45) is 0. The third-order valence-corrected chi connectivity index (χ3v) is 3.22. The van der Waals surface area contributed by atoms with Gasteiger partial charge in [0.25, 0.3) is 0 Å². The van der Waals surface area contributed by atoms with E-state index in [0.29, 0.717) is 10.2 Å². The van der Waals surface area contributed by atoms with Gasteiger partial charge in [0.1, 0.15) is 0 Å². The van der Waals surface area contributed by atoms with Gasteiger partial charge in [-0.3, -0.25) is 0 Å². The summed E-state index contributed by atoms with van der Waals surface area (Å²) in [6, 6.07) is 5.26. The zero-order chi connectivity index (χ0) is 11.3. The van der Waals surface area contributed by atoms with Crippen molar-refractivity contribution >= 4 is 33.7 Å². The van der Waals surface area contributed by atoms with Crippen LogP contribution in [0.15, 0.2) is 27.6 Å². The Morgan fingerprint density at radius 1 is 1.60 bits per heavy atom. The molecule has 0 bridgehead atoms. The minimum atomic E-state index is -0.925. The molecule has 2 nitrogen and oxygen atoms in total. The molecular formula is C11H9BrO2S. The molecule has 1 N–H and O–H groups in total. The van der Waals surface area contributed by atoms with Gasteiger partial charge in [-0.15, -0.1) is 17.7 Å². The Morgan fingerprint density at radius 2 is 2.33 bits per heavy atom. The topological polar surface area (TPSA) is 37.3 Å². The van der Waals surface area contributed by atoms with Gasteiger partial charge < -0.3 is 5.11 Å². The second kappa shape index (κ2) is 5.84. The van der Waals surface area contributed by atoms with Crippen LogP contribution in [0.25, 0.3) is 0 Å². The van der Waals surface area contributed by atoms with Crippen molar-refractivity contribution < 1.29 is 9.90 Å². The predicted molar refractivity (Wildman–Crippen MR) is 65.3 cm³/mol. The molecule has 0 saturated heterocycles. The van der Waals surface area contributed by atoms with Crippen LogP contribution in [0.3, 0.4) is 0 Å². The van der Waals surface area contributed by atoms with E-state index in [0.717, 1.165) is 4.90 Å². The monoisotopic (exact) mass is 284 g/mol. The van der Waals surface area contributed by atoms with E-state index in [2.05, 4.69) is 27.8 Å². The fraction of sp³-hybridized carbons (Fsp3) is 0.182. The highest BCUT2D eigenvalue weighted by Crippen LogP contribution is 2.24. The van der Waals surface area contributed by atoms with E-state index < -0.39 is 5.97 Å². The standard InChI is InChI=1S/C11H9BrO2S/c1-2-3-6-15-8-4-5-10(12)9(7-8)11(13)14/h4-5,7H,6H2,1H3,(H,13,14). The fourth-order valence-corrected chi connectivity index (χ4v) is 2.11. The lowest BCUT2D eigenvalue weighted by Crippen LogP contribution is -1.97. The molecule has 0 heterocycles. The molecule has 0 spiro atoms. The number of benzene rings is 1. The van der Waals surface area contributed by atoms with Crippen molar-refractivity contribution in [2.75, 3.05) is 5.75 Å². The minimum absolute atomic E-state index is 0.282. The van der Waals surface area contributed by atoms with Crippen LogP contribution < -0.4 is 0 Å². The Balaban J connectivity index is 2.86. The molecule has 1 aromatic rings. The molecular weight excluding hydrogens is 276 g/mol. The van der Waals surface area contributed by atoms with E-state index in [4.69, 9.17) is 5.11 Å². The number of hydrogen-bond donors (Lipinski definition) is 1. The van der Waals surface area contributed by atoms with Crippen molar-refractivity contribution in [1.29, 1.82) is 0 Å². The molecule has 0 amide bonds. The average molecular weight is 285 g/mol. The third kappa shape index (κ3) is 3.61. The molecule has 0 fully saturated rings. The normalized spacial score (nSPS) is 9.20. The van der Waals surface area contributed by atoms with Crippen molar-refractivity contribution in [2.45, 2.75) is 11.8 Å². The van der Waals surface area contributed by atoms with Crippen molar-refractivity contribution in [3.05, 3.63) is 28.2 Å². The first-order chi connectivity index (χ1) is 7.15. The largest absolute Gasteiger partial charge is 0.478 e. The van der Waals surface area contributed by atoms with Gasteiger partial charge in [0.05, 0.1) is 11.3 Å². The molecule has 0 radical (unpaired) electrons. The van der Waals surface area contributed by atoms with E-state index >= 15 is 0 Å². The Morgan fingerprint density at radius 3 is 2.93 bits per heavy atom. The van der Waals surface area contributed by atoms with Crippen LogP contribution >= 0.6 is 27.7 Å². The molecule has 0 aromatic heterocycles. The molecule has 1 aromatic carbocycles. The molecule has 0 aliphatic rings. The highest BCUT2D eigenvalue weighted by Gasteiger charge is 2.08. The molecule has 1 rings (SSSR count). The molecule has 4 heteroatoms. The smallest absolute Gasteiger partial charge is 0.336 e. The lowest BCUT2D eigenvalue weighted by molar-refractivity contribution is 0.0695. The van der Waals surface area contributed by atoms with Gasteiger partial charge in [-0.25, -0.2) is 4.79 Å². The highest BCUT2D eigenvalue weighted by atomic mass is 79.9. The van der Waals surface area contributed by atoms with E-state index in [9.17, 15) is 4.79 Å². The first kappa shape index (κ1) is 12.2. The third-order valence-electron chi connectivity index (χ3n) is 1.66. The summed E-state index contributed by atoms with van der Waals surface area (Å²) >= 11 is 4.72. The van der Waals surface area contributed by atoms with Crippen LogP contribution in [-0.4, -0.2) is 16.8 Å². The van der Waals surface area contributed by atoms with Crippen LogP contribution in [0, 0.1) is 11.8 Å². The molecule has 78 valence electrons. The Hall–Kier alpha value is -0.920. The lowest BCUT2D eigenvalue weighted by atomic mass is 10.2. The average Bonchev–Trinajstić information content (AvgIpc) is 2.20. The summed E-state index contributed by atoms with van der Waals surface area (Å²) in [6.45, 7) is 1.78. The van der Waals surface area contributed by atoms with Gasteiger partial charge >= 0.3 is 5.97 Å². The van der Waals surface area contributed by atoms with Crippen molar-refractivity contribution in [2.24, 2.45) is 0 Å². The first-order valence-electron chi connectivity index (χ1n) is 4.20. The Labute approximate surface area is 101 Å². The summed E-state index contributed by atoms with van der Waals surface area (Å²) in [4.78, 5) is 11.8. The van der Waals surface area contributed by atoms with Crippen LogP contribution in [-0.2, 0) is 0 Å². The van der Waals surface area contributed by atoms with Gasteiger partial charge in [-0.1, -0.05) is 5.92 Å². The van der Waals surface area contributed by atoms with Crippen LogP contribution in [0.2, 0.25) is 0 Å². The van der Waals surface area contributed by atoms with Crippen molar-refractivity contribution in [1.82, 2.24) is 0 Å². The van der Waals surface area contributed by atoms with Gasteiger partial charge in [-0.2, -0.15) is 0 Å². The highest BCUT2D eigenvalue weighted by molar-refractivity contribution is 9.10. The van der Waals surface area contributed by atoms with Gasteiger partial charge in [0.15, 0.2) is 0 Å². The second-order valence-electron chi connectivity index (χ2n) is 2.66. The summed E-state index contributed by atoms with van der Waals surface area (Å²) in [5, 5.41) is 8.89. The zero-order valence-corrected chi connectivity index (χ0v) is 10.5. The maximum atomic E-state index is 10.8. The fourth-order valence-electron chi connectivity index (χ4n) is 0.950. The number of carboxylic acids is 1. The van der Waals surface area contributed by atoms with Crippen LogP contribution in [0.5, 0.6) is 0 Å². The van der Waals surface area contributed by atoms with Gasteiger partial charge in [0, 0.05) is 9.37 Å². The SMILES string of the molecule is CC#CCSc1ccc(Br)c(C(=O)O)c1. The van der Waals surface area contributed by atoms with Crippen molar-refractivity contribution in [3.8, 4) is 11.8 Å². The molecule has 15 heavy (non-hydrogen) atoms. The summed E-state index contributed by atoms with van der Waals surface area (Å²) in [5.74, 6) is 5.46. The minimum Gasteiger partial charge on any atom is -0.478 e. The Bertz CT molecular complexity index is 432. The van der Waals surface area contributed by atoms with E-state index in [1.54, 1.807) is 19.1 Å². The maximum absolute atomic E-state index is 10.8. The van der Waals surface area contributed by atoms with Gasteiger partial charge in [0.2, 0.25) is 0 Å². The molecule has 0 unspecified atom stereocenters. The van der Waals surface area contributed by atoms with Crippen molar-refractivity contribution in [3.63, 3.8) is 0 Å². The van der Waals surface area contributed by atoms with E-state index in [1.807, 2.05) is 6.07 Å². The maximum Gasteiger partial charge on any atom is 0.336 e.